The molecule has 2 heterocycles. The van der Waals surface area contributed by atoms with Gasteiger partial charge in [0.2, 0.25) is 0 Å². The van der Waals surface area contributed by atoms with Crippen molar-refractivity contribution in [2.75, 3.05) is 30.8 Å². The van der Waals surface area contributed by atoms with Crippen LogP contribution in [0, 0.1) is 12.8 Å². The first-order chi connectivity index (χ1) is 9.72. The number of anilines is 2. The molecule has 106 valence electrons. The van der Waals surface area contributed by atoms with E-state index in [0.29, 0.717) is 5.92 Å². The van der Waals surface area contributed by atoms with Gasteiger partial charge in [0.15, 0.2) is 0 Å². The van der Waals surface area contributed by atoms with Crippen LogP contribution in [0.4, 0.5) is 11.4 Å². The molecule has 3 N–H and O–H groups in total. The van der Waals surface area contributed by atoms with Crippen molar-refractivity contribution in [1.82, 2.24) is 4.98 Å². The Bertz CT molecular complexity index is 606. The monoisotopic (exact) mass is 271 g/mol. The molecule has 1 aliphatic rings. The fourth-order valence-electron chi connectivity index (χ4n) is 2.74. The molecule has 4 nitrogen and oxygen atoms in total. The third-order valence-electron chi connectivity index (χ3n) is 3.85. The Morgan fingerprint density at radius 2 is 2.30 bits per heavy atom. The van der Waals surface area contributed by atoms with Crippen molar-refractivity contribution in [3.05, 3.63) is 30.0 Å². The summed E-state index contributed by atoms with van der Waals surface area (Å²) < 4.78 is 5.41. The SMILES string of the molecule is Cc1cc(NCCC2CCOC2)c2cc(N)ccc2n1. The van der Waals surface area contributed by atoms with Crippen LogP contribution < -0.4 is 11.1 Å². The summed E-state index contributed by atoms with van der Waals surface area (Å²) in [5.41, 5.74) is 9.80. The fourth-order valence-corrected chi connectivity index (χ4v) is 2.74. The van der Waals surface area contributed by atoms with E-state index in [0.717, 1.165) is 54.2 Å². The van der Waals surface area contributed by atoms with E-state index in [2.05, 4.69) is 16.4 Å². The van der Waals surface area contributed by atoms with Crippen LogP contribution in [-0.4, -0.2) is 24.7 Å². The first-order valence-electron chi connectivity index (χ1n) is 7.21. The average Bonchev–Trinajstić information content (AvgIpc) is 2.92. The molecule has 1 saturated heterocycles. The fraction of sp³-hybridized carbons (Fsp3) is 0.438. The second-order valence-electron chi connectivity index (χ2n) is 5.53. The van der Waals surface area contributed by atoms with Crippen molar-refractivity contribution in [3.8, 4) is 0 Å². The molecule has 20 heavy (non-hydrogen) atoms. The van der Waals surface area contributed by atoms with Crippen LogP contribution in [0.3, 0.4) is 0 Å². The first kappa shape index (κ1) is 13.2. The number of nitrogens with one attached hydrogen (secondary N) is 1. The Morgan fingerprint density at radius 3 is 3.10 bits per heavy atom. The van der Waals surface area contributed by atoms with Gasteiger partial charge in [-0.25, -0.2) is 0 Å². The Morgan fingerprint density at radius 1 is 1.40 bits per heavy atom. The molecule has 3 rings (SSSR count). The molecule has 1 aromatic carbocycles. The highest BCUT2D eigenvalue weighted by molar-refractivity contribution is 5.93. The molecule has 1 aliphatic heterocycles. The van der Waals surface area contributed by atoms with Gasteiger partial charge in [-0.05, 0) is 49.9 Å². The van der Waals surface area contributed by atoms with Crippen molar-refractivity contribution in [2.24, 2.45) is 5.92 Å². The Kier molecular flexibility index (Phi) is 3.74. The lowest BCUT2D eigenvalue weighted by Crippen LogP contribution is -2.09. The lowest BCUT2D eigenvalue weighted by molar-refractivity contribution is 0.185. The van der Waals surface area contributed by atoms with Gasteiger partial charge in [-0.2, -0.15) is 0 Å². The number of pyridine rings is 1. The molecule has 0 amide bonds. The number of aryl methyl sites for hydroxylation is 1. The number of fused-ring (bicyclic) bond motifs is 1. The van der Waals surface area contributed by atoms with Crippen molar-refractivity contribution in [2.45, 2.75) is 19.8 Å². The van der Waals surface area contributed by atoms with E-state index >= 15 is 0 Å². The highest BCUT2D eigenvalue weighted by atomic mass is 16.5. The Balaban J connectivity index is 1.77. The smallest absolute Gasteiger partial charge is 0.0727 e. The van der Waals surface area contributed by atoms with Crippen LogP contribution in [0.2, 0.25) is 0 Å². The third-order valence-corrected chi connectivity index (χ3v) is 3.85. The lowest BCUT2D eigenvalue weighted by Gasteiger charge is -2.13. The van der Waals surface area contributed by atoms with Crippen molar-refractivity contribution in [3.63, 3.8) is 0 Å². The van der Waals surface area contributed by atoms with E-state index in [-0.39, 0.29) is 0 Å². The molecule has 0 bridgehead atoms. The van der Waals surface area contributed by atoms with Crippen molar-refractivity contribution in [1.29, 1.82) is 0 Å². The predicted octanol–water partition coefficient (Wildman–Crippen LogP) is 2.96. The molecular formula is C16H21N3O. The van der Waals surface area contributed by atoms with Crippen molar-refractivity contribution >= 4 is 22.3 Å². The Labute approximate surface area is 119 Å². The number of nitrogen functional groups attached to an aromatic ring is 1. The molecule has 0 saturated carbocycles. The van der Waals surface area contributed by atoms with E-state index in [9.17, 15) is 0 Å². The van der Waals surface area contributed by atoms with Crippen LogP contribution in [-0.2, 0) is 4.74 Å². The van der Waals surface area contributed by atoms with E-state index in [1.54, 1.807) is 0 Å². The average molecular weight is 271 g/mol. The number of hydrogen-bond acceptors (Lipinski definition) is 4. The Hall–Kier alpha value is -1.81. The largest absolute Gasteiger partial charge is 0.399 e. The second kappa shape index (κ2) is 5.67. The topological polar surface area (TPSA) is 60.2 Å². The number of hydrogen-bond donors (Lipinski definition) is 2. The number of nitrogens with zero attached hydrogens (tertiary/aromatic N) is 1. The molecule has 1 unspecified atom stereocenters. The van der Waals surface area contributed by atoms with E-state index in [4.69, 9.17) is 10.5 Å². The van der Waals surface area contributed by atoms with Gasteiger partial charge >= 0.3 is 0 Å². The summed E-state index contributed by atoms with van der Waals surface area (Å²) in [7, 11) is 0. The van der Waals surface area contributed by atoms with E-state index in [1.165, 1.54) is 6.42 Å². The molecule has 1 fully saturated rings. The van der Waals surface area contributed by atoms with Gasteiger partial charge in [0.05, 0.1) is 5.52 Å². The highest BCUT2D eigenvalue weighted by Gasteiger charge is 2.15. The van der Waals surface area contributed by atoms with Crippen LogP contribution >= 0.6 is 0 Å². The number of ether oxygens (including phenoxy) is 1. The van der Waals surface area contributed by atoms with Gasteiger partial charge in [-0.3, -0.25) is 4.98 Å². The minimum atomic E-state index is 0.696. The summed E-state index contributed by atoms with van der Waals surface area (Å²) in [6.45, 7) is 4.80. The molecule has 0 aliphatic carbocycles. The van der Waals surface area contributed by atoms with Gasteiger partial charge in [0, 0.05) is 42.2 Å². The number of rotatable bonds is 4. The number of benzene rings is 1. The van der Waals surface area contributed by atoms with Gasteiger partial charge in [0.25, 0.3) is 0 Å². The van der Waals surface area contributed by atoms with Crippen LogP contribution in [0.5, 0.6) is 0 Å². The molecule has 0 spiro atoms. The van der Waals surface area contributed by atoms with Gasteiger partial charge in [0.1, 0.15) is 0 Å². The maximum atomic E-state index is 5.89. The van der Waals surface area contributed by atoms with E-state index in [1.807, 2.05) is 25.1 Å². The molecule has 1 aromatic heterocycles. The number of aromatic nitrogens is 1. The summed E-state index contributed by atoms with van der Waals surface area (Å²) in [6, 6.07) is 7.96. The third kappa shape index (κ3) is 2.85. The molecule has 1 atom stereocenters. The summed E-state index contributed by atoms with van der Waals surface area (Å²) in [5, 5.41) is 4.63. The molecule has 2 aromatic rings. The molecule has 4 heteroatoms. The van der Waals surface area contributed by atoms with Gasteiger partial charge in [-0.1, -0.05) is 0 Å². The standard InChI is InChI=1S/C16H21N3O/c1-11-8-16(18-6-4-12-5-7-20-10-12)14-9-13(17)2-3-15(14)19-11/h2-3,8-9,12H,4-7,10,17H2,1H3,(H,18,19). The normalized spacial score (nSPS) is 18.6. The molecular weight excluding hydrogens is 250 g/mol. The summed E-state index contributed by atoms with van der Waals surface area (Å²) in [4.78, 5) is 4.55. The minimum Gasteiger partial charge on any atom is -0.399 e. The number of nitrogens with two attached hydrogens (primary N) is 1. The molecule has 0 radical (unpaired) electrons. The first-order valence-corrected chi connectivity index (χ1v) is 7.21. The zero-order chi connectivity index (χ0) is 13.9. The van der Waals surface area contributed by atoms with Gasteiger partial charge < -0.3 is 15.8 Å². The second-order valence-corrected chi connectivity index (χ2v) is 5.53. The summed E-state index contributed by atoms with van der Waals surface area (Å²) >= 11 is 0. The van der Waals surface area contributed by atoms with Crippen LogP contribution in [0.15, 0.2) is 24.3 Å². The van der Waals surface area contributed by atoms with Crippen LogP contribution in [0.25, 0.3) is 10.9 Å². The predicted molar refractivity (Wildman–Crippen MR) is 82.9 cm³/mol. The maximum absolute atomic E-state index is 5.89. The summed E-state index contributed by atoms with van der Waals surface area (Å²) in [5.74, 6) is 0.696. The minimum absolute atomic E-state index is 0.696. The van der Waals surface area contributed by atoms with Gasteiger partial charge in [-0.15, -0.1) is 0 Å². The quantitative estimate of drug-likeness (QED) is 0.839. The van der Waals surface area contributed by atoms with Crippen LogP contribution in [0.1, 0.15) is 18.5 Å². The lowest BCUT2D eigenvalue weighted by atomic mass is 10.1. The summed E-state index contributed by atoms with van der Waals surface area (Å²) in [6.07, 6.45) is 2.33. The van der Waals surface area contributed by atoms with E-state index < -0.39 is 0 Å². The zero-order valence-electron chi connectivity index (χ0n) is 11.9. The maximum Gasteiger partial charge on any atom is 0.0727 e. The van der Waals surface area contributed by atoms with Crippen molar-refractivity contribution < 1.29 is 4.74 Å². The highest BCUT2D eigenvalue weighted by Crippen LogP contribution is 2.26. The zero-order valence-corrected chi connectivity index (χ0v) is 11.9.